The number of nitrogens with two attached hydrogens (primary N) is 1. The van der Waals surface area contributed by atoms with Crippen LogP contribution in [0.2, 0.25) is 0 Å². The molecule has 0 aromatic carbocycles. The summed E-state index contributed by atoms with van der Waals surface area (Å²) in [5.74, 6) is 6.22. The molecule has 0 amide bonds. The Morgan fingerprint density at radius 2 is 1.89 bits per heavy atom. The van der Waals surface area contributed by atoms with Crippen LogP contribution in [-0.2, 0) is 9.47 Å². The van der Waals surface area contributed by atoms with Crippen molar-refractivity contribution in [1.29, 1.82) is 0 Å². The normalized spacial score (nSPS) is 13.1. The zero-order valence-corrected chi connectivity index (χ0v) is 11.2. The van der Waals surface area contributed by atoms with E-state index in [-0.39, 0.29) is 12.1 Å². The first-order valence-corrected chi connectivity index (χ1v) is 5.75. The van der Waals surface area contributed by atoms with E-state index in [4.69, 9.17) is 20.1 Å². The van der Waals surface area contributed by atoms with Gasteiger partial charge in [-0.1, -0.05) is 0 Å². The van der Waals surface area contributed by atoms with Crippen molar-refractivity contribution in [3.05, 3.63) is 24.0 Å². The van der Waals surface area contributed by atoms with Crippen LogP contribution in [0, 0.1) is 0 Å². The van der Waals surface area contributed by atoms with E-state index < -0.39 is 6.29 Å². The molecule has 1 rings (SSSR count). The third kappa shape index (κ3) is 3.92. The molecule has 18 heavy (non-hydrogen) atoms. The van der Waals surface area contributed by atoms with E-state index in [0.717, 1.165) is 5.56 Å². The van der Waals surface area contributed by atoms with Crippen LogP contribution >= 0.6 is 0 Å². The second-order valence-corrected chi connectivity index (χ2v) is 4.10. The van der Waals surface area contributed by atoms with Gasteiger partial charge in [-0.3, -0.25) is 10.8 Å². The Bertz CT molecular complexity index is 356. The van der Waals surface area contributed by atoms with Crippen LogP contribution in [0.25, 0.3) is 0 Å². The van der Waals surface area contributed by atoms with Gasteiger partial charge in [-0.05, 0) is 25.5 Å². The fraction of sp³-hybridized carbons (Fsp3) is 0.583. The topological polar surface area (TPSA) is 78.6 Å². The van der Waals surface area contributed by atoms with E-state index in [9.17, 15) is 0 Å². The smallest absolute Gasteiger partial charge is 0.177 e. The molecule has 0 bridgehead atoms. The van der Waals surface area contributed by atoms with E-state index in [1.54, 1.807) is 26.6 Å². The fourth-order valence-corrected chi connectivity index (χ4v) is 1.64. The monoisotopic (exact) mass is 255 g/mol. The molecule has 1 atom stereocenters. The lowest BCUT2D eigenvalue weighted by Crippen LogP contribution is -2.38. The lowest BCUT2D eigenvalue weighted by atomic mass is 10.1. The molecule has 0 saturated carbocycles. The fourth-order valence-electron chi connectivity index (χ4n) is 1.64. The van der Waals surface area contributed by atoms with Crippen LogP contribution in [0.15, 0.2) is 18.5 Å². The molecule has 1 aromatic heterocycles. The highest BCUT2D eigenvalue weighted by atomic mass is 16.7. The van der Waals surface area contributed by atoms with Gasteiger partial charge >= 0.3 is 0 Å². The first-order chi connectivity index (χ1) is 8.62. The second kappa shape index (κ2) is 7.27. The largest absolute Gasteiger partial charge is 0.489 e. The number of nitrogens with zero attached hydrogens (tertiary/aromatic N) is 1. The molecular weight excluding hydrogens is 234 g/mol. The van der Waals surface area contributed by atoms with Gasteiger partial charge in [0.25, 0.3) is 0 Å². The molecule has 1 aromatic rings. The number of methoxy groups -OCH3 is 2. The molecule has 3 N–H and O–H groups in total. The van der Waals surface area contributed by atoms with Gasteiger partial charge in [0, 0.05) is 20.4 Å². The van der Waals surface area contributed by atoms with Crippen LogP contribution < -0.4 is 16.0 Å². The Kier molecular flexibility index (Phi) is 6.00. The van der Waals surface area contributed by atoms with Crippen LogP contribution in [0.5, 0.6) is 5.75 Å². The van der Waals surface area contributed by atoms with Gasteiger partial charge in [0.05, 0.1) is 18.3 Å². The Balaban J connectivity index is 2.91. The number of ether oxygens (including phenoxy) is 3. The number of hydrazine groups is 1. The lowest BCUT2D eigenvalue weighted by Gasteiger charge is -2.24. The van der Waals surface area contributed by atoms with Gasteiger partial charge in [-0.15, -0.1) is 0 Å². The summed E-state index contributed by atoms with van der Waals surface area (Å²) in [6, 6.07) is 1.55. The van der Waals surface area contributed by atoms with Crippen molar-refractivity contribution in [1.82, 2.24) is 10.4 Å². The third-order valence-electron chi connectivity index (χ3n) is 2.38. The van der Waals surface area contributed by atoms with Crippen molar-refractivity contribution in [2.75, 3.05) is 14.2 Å². The number of nitrogens with one attached hydrogen (secondary N) is 1. The van der Waals surface area contributed by atoms with Crippen LogP contribution in [0.3, 0.4) is 0 Å². The van der Waals surface area contributed by atoms with E-state index in [1.165, 1.54) is 0 Å². The summed E-state index contributed by atoms with van der Waals surface area (Å²) in [6.45, 7) is 3.91. The minimum Gasteiger partial charge on any atom is -0.489 e. The van der Waals surface area contributed by atoms with Gasteiger partial charge in [0.15, 0.2) is 6.29 Å². The molecule has 6 heteroatoms. The number of hydrogen-bond donors (Lipinski definition) is 2. The maximum Gasteiger partial charge on any atom is 0.177 e. The molecule has 6 nitrogen and oxygen atoms in total. The van der Waals surface area contributed by atoms with E-state index in [0.29, 0.717) is 5.75 Å². The molecule has 102 valence electrons. The maximum atomic E-state index is 5.58. The number of rotatable bonds is 7. The van der Waals surface area contributed by atoms with Crippen molar-refractivity contribution in [3.63, 3.8) is 0 Å². The summed E-state index contributed by atoms with van der Waals surface area (Å²) < 4.78 is 16.0. The Hall–Kier alpha value is -1.21. The molecule has 0 spiro atoms. The number of aromatic nitrogens is 1. The molecule has 0 aliphatic carbocycles. The van der Waals surface area contributed by atoms with Crippen molar-refractivity contribution >= 4 is 0 Å². The number of pyridine rings is 1. The first-order valence-electron chi connectivity index (χ1n) is 5.75. The van der Waals surface area contributed by atoms with E-state index in [2.05, 4.69) is 10.4 Å². The highest BCUT2D eigenvalue weighted by Gasteiger charge is 2.22. The van der Waals surface area contributed by atoms with Crippen LogP contribution in [0.1, 0.15) is 25.5 Å². The van der Waals surface area contributed by atoms with E-state index in [1.807, 2.05) is 19.9 Å². The lowest BCUT2D eigenvalue weighted by molar-refractivity contribution is -0.124. The predicted octanol–water partition coefficient (Wildman–Crippen LogP) is 0.992. The minimum absolute atomic E-state index is 0.0898. The summed E-state index contributed by atoms with van der Waals surface area (Å²) >= 11 is 0. The van der Waals surface area contributed by atoms with Crippen molar-refractivity contribution in [3.8, 4) is 5.75 Å². The van der Waals surface area contributed by atoms with Gasteiger partial charge in [0.1, 0.15) is 5.75 Å². The Morgan fingerprint density at radius 3 is 2.39 bits per heavy atom. The van der Waals surface area contributed by atoms with Crippen LogP contribution in [-0.4, -0.2) is 31.6 Å². The van der Waals surface area contributed by atoms with Crippen molar-refractivity contribution in [2.45, 2.75) is 32.3 Å². The quantitative estimate of drug-likeness (QED) is 0.430. The van der Waals surface area contributed by atoms with Gasteiger partial charge in [-0.25, -0.2) is 5.43 Å². The van der Waals surface area contributed by atoms with Gasteiger partial charge in [0.2, 0.25) is 0 Å². The Morgan fingerprint density at radius 1 is 1.22 bits per heavy atom. The molecule has 0 fully saturated rings. The van der Waals surface area contributed by atoms with E-state index >= 15 is 0 Å². The van der Waals surface area contributed by atoms with Crippen molar-refractivity contribution < 1.29 is 14.2 Å². The zero-order chi connectivity index (χ0) is 13.5. The molecule has 0 radical (unpaired) electrons. The summed E-state index contributed by atoms with van der Waals surface area (Å²) in [7, 11) is 3.11. The molecule has 1 unspecified atom stereocenters. The highest BCUT2D eigenvalue weighted by molar-refractivity contribution is 5.26. The van der Waals surface area contributed by atoms with Crippen LogP contribution in [0.4, 0.5) is 0 Å². The molecule has 0 saturated heterocycles. The zero-order valence-electron chi connectivity index (χ0n) is 11.2. The first kappa shape index (κ1) is 14.8. The second-order valence-electron chi connectivity index (χ2n) is 4.10. The maximum absolute atomic E-state index is 5.58. The predicted molar refractivity (Wildman–Crippen MR) is 67.9 cm³/mol. The summed E-state index contributed by atoms with van der Waals surface area (Å²) in [6.07, 6.45) is 2.95. The number of hydrogen-bond acceptors (Lipinski definition) is 6. The average molecular weight is 255 g/mol. The SMILES string of the molecule is COC(OC)C(NN)c1cncc(OC(C)C)c1. The molecule has 1 heterocycles. The highest BCUT2D eigenvalue weighted by Crippen LogP contribution is 2.22. The summed E-state index contributed by atoms with van der Waals surface area (Å²) in [4.78, 5) is 4.13. The summed E-state index contributed by atoms with van der Waals surface area (Å²) in [5, 5.41) is 0. The third-order valence-corrected chi connectivity index (χ3v) is 2.38. The molecule has 0 aliphatic rings. The van der Waals surface area contributed by atoms with Gasteiger partial charge in [-0.2, -0.15) is 0 Å². The summed E-state index contributed by atoms with van der Waals surface area (Å²) in [5.41, 5.74) is 3.49. The van der Waals surface area contributed by atoms with Gasteiger partial charge < -0.3 is 14.2 Å². The van der Waals surface area contributed by atoms with Crippen molar-refractivity contribution in [2.24, 2.45) is 5.84 Å². The molecular formula is C12H21N3O3. The minimum atomic E-state index is -0.494. The Labute approximate surface area is 107 Å². The average Bonchev–Trinajstić information content (AvgIpc) is 2.35. The molecule has 0 aliphatic heterocycles. The standard InChI is InChI=1S/C12H21N3O3/c1-8(2)18-10-5-9(6-14-7-10)11(15-13)12(16-3)17-4/h5-8,11-12,15H,13H2,1-4H3.